The predicted molar refractivity (Wildman–Crippen MR) is 70.4 cm³/mol. The molecule has 1 aliphatic heterocycles. The highest BCUT2D eigenvalue weighted by atomic mass is 32.2. The second kappa shape index (κ2) is 6.21. The average molecular weight is 284 g/mol. The molecule has 2 rings (SSSR count). The van der Waals surface area contributed by atoms with Gasteiger partial charge in [0.05, 0.1) is 11.8 Å². The summed E-state index contributed by atoms with van der Waals surface area (Å²) in [5.74, 6) is 0.125. The molecule has 0 saturated carbocycles. The first-order chi connectivity index (χ1) is 9.08. The molecular weight excluding hydrogens is 268 g/mol. The van der Waals surface area contributed by atoms with Gasteiger partial charge in [0.2, 0.25) is 5.88 Å². The van der Waals surface area contributed by atoms with E-state index in [9.17, 15) is 14.7 Å². The smallest absolute Gasteiger partial charge is 0.257 e. The minimum Gasteiger partial charge on any atom is -0.493 e. The highest BCUT2D eigenvalue weighted by Gasteiger charge is 2.22. The van der Waals surface area contributed by atoms with Crippen LogP contribution in [0.15, 0.2) is 16.0 Å². The van der Waals surface area contributed by atoms with Gasteiger partial charge in [0.25, 0.3) is 5.56 Å². The molecule has 0 radical (unpaired) electrons. The molecule has 0 atom stereocenters. The molecule has 1 aliphatic rings. The summed E-state index contributed by atoms with van der Waals surface area (Å²) in [5.41, 5.74) is -0.339. The summed E-state index contributed by atoms with van der Waals surface area (Å²) in [6.07, 6.45) is 1.51. The zero-order chi connectivity index (χ0) is 13.8. The molecule has 7 heteroatoms. The van der Waals surface area contributed by atoms with E-state index in [1.165, 1.54) is 16.3 Å². The van der Waals surface area contributed by atoms with Crippen LogP contribution in [-0.2, 0) is 16.6 Å². The zero-order valence-corrected chi connectivity index (χ0v) is 11.5. The van der Waals surface area contributed by atoms with E-state index < -0.39 is 0 Å². The van der Waals surface area contributed by atoms with Crippen LogP contribution < -0.4 is 5.56 Å². The summed E-state index contributed by atoms with van der Waals surface area (Å²) in [5, 5.41) is 9.65. The number of hydrogen-bond acceptors (Lipinski definition) is 6. The number of rotatable bonds is 4. The number of hydrogen-bond donors (Lipinski definition) is 1. The Bertz CT molecular complexity index is 523. The minimum absolute atomic E-state index is 0.0376. The van der Waals surface area contributed by atoms with E-state index in [-0.39, 0.29) is 28.9 Å². The SMILES string of the molecule is Cn1c(SCC(=O)C2CCOCC2)nc(O)cc1=O. The number of aromatic nitrogens is 2. The normalized spacial score (nSPS) is 16.5. The third-order valence-electron chi connectivity index (χ3n) is 3.10. The second-order valence-corrected chi connectivity index (χ2v) is 5.38. The maximum atomic E-state index is 12.0. The van der Waals surface area contributed by atoms with Crippen molar-refractivity contribution in [1.29, 1.82) is 0 Å². The van der Waals surface area contributed by atoms with Gasteiger partial charge in [0, 0.05) is 26.2 Å². The fourth-order valence-electron chi connectivity index (χ4n) is 1.91. The van der Waals surface area contributed by atoms with Crippen LogP contribution in [0, 0.1) is 5.92 Å². The lowest BCUT2D eigenvalue weighted by molar-refractivity contribution is -0.123. The summed E-state index contributed by atoms with van der Waals surface area (Å²) in [7, 11) is 1.57. The van der Waals surface area contributed by atoms with Crippen LogP contribution in [0.2, 0.25) is 0 Å². The van der Waals surface area contributed by atoms with E-state index in [0.717, 1.165) is 18.9 Å². The molecule has 0 aliphatic carbocycles. The molecule has 1 fully saturated rings. The predicted octanol–water partition coefficient (Wildman–Crippen LogP) is 0.574. The van der Waals surface area contributed by atoms with Gasteiger partial charge in [-0.25, -0.2) is 0 Å². The van der Waals surface area contributed by atoms with Crippen molar-refractivity contribution in [3.8, 4) is 5.88 Å². The Morgan fingerprint density at radius 2 is 2.26 bits per heavy atom. The monoisotopic (exact) mass is 284 g/mol. The van der Waals surface area contributed by atoms with Crippen molar-refractivity contribution in [3.05, 3.63) is 16.4 Å². The maximum Gasteiger partial charge on any atom is 0.257 e. The number of ether oxygens (including phenoxy) is 1. The second-order valence-electron chi connectivity index (χ2n) is 4.44. The highest BCUT2D eigenvalue weighted by molar-refractivity contribution is 7.99. The first-order valence-corrected chi connectivity index (χ1v) is 7.07. The Labute approximate surface area is 114 Å². The topological polar surface area (TPSA) is 81.4 Å². The molecular formula is C12H16N2O4S. The lowest BCUT2D eigenvalue weighted by Crippen LogP contribution is -2.25. The lowest BCUT2D eigenvalue weighted by atomic mass is 9.96. The number of carbonyl (C=O) groups excluding carboxylic acids is 1. The molecule has 0 aromatic carbocycles. The third kappa shape index (κ3) is 3.57. The number of aromatic hydroxyl groups is 1. The van der Waals surface area contributed by atoms with Crippen LogP contribution in [0.25, 0.3) is 0 Å². The first kappa shape index (κ1) is 14.1. The molecule has 0 unspecified atom stereocenters. The van der Waals surface area contributed by atoms with Crippen molar-refractivity contribution in [1.82, 2.24) is 9.55 Å². The van der Waals surface area contributed by atoms with Crippen molar-refractivity contribution in [2.45, 2.75) is 18.0 Å². The average Bonchev–Trinajstić information content (AvgIpc) is 2.41. The van der Waals surface area contributed by atoms with Crippen molar-refractivity contribution >= 4 is 17.5 Å². The summed E-state index contributed by atoms with van der Waals surface area (Å²) < 4.78 is 6.53. The van der Waals surface area contributed by atoms with Crippen molar-refractivity contribution in [2.24, 2.45) is 13.0 Å². The Hall–Kier alpha value is -1.34. The van der Waals surface area contributed by atoms with E-state index in [4.69, 9.17) is 4.74 Å². The van der Waals surface area contributed by atoms with E-state index >= 15 is 0 Å². The van der Waals surface area contributed by atoms with Gasteiger partial charge >= 0.3 is 0 Å². The summed E-state index contributed by atoms with van der Waals surface area (Å²) >= 11 is 1.18. The van der Waals surface area contributed by atoms with Crippen molar-refractivity contribution in [3.63, 3.8) is 0 Å². The Morgan fingerprint density at radius 3 is 2.95 bits per heavy atom. The molecule has 0 amide bonds. The number of Topliss-reactive ketones (excluding diaryl/α,β-unsaturated/α-hetero) is 1. The number of carbonyl (C=O) groups is 1. The Balaban J connectivity index is 1.98. The zero-order valence-electron chi connectivity index (χ0n) is 10.7. The van der Waals surface area contributed by atoms with Crippen molar-refractivity contribution in [2.75, 3.05) is 19.0 Å². The van der Waals surface area contributed by atoms with Gasteiger partial charge in [-0.05, 0) is 12.8 Å². The van der Waals surface area contributed by atoms with Crippen LogP contribution >= 0.6 is 11.8 Å². The molecule has 0 bridgehead atoms. The van der Waals surface area contributed by atoms with Gasteiger partial charge in [-0.2, -0.15) is 4.98 Å². The van der Waals surface area contributed by atoms with Gasteiger partial charge in [-0.1, -0.05) is 11.8 Å². The molecule has 0 spiro atoms. The molecule has 6 nitrogen and oxygen atoms in total. The molecule has 1 N–H and O–H groups in total. The number of ketones is 1. The van der Waals surface area contributed by atoms with Gasteiger partial charge in [0.15, 0.2) is 5.16 Å². The first-order valence-electron chi connectivity index (χ1n) is 6.08. The van der Waals surface area contributed by atoms with Gasteiger partial charge in [0.1, 0.15) is 5.78 Å². The molecule has 1 aromatic rings. The molecule has 1 saturated heterocycles. The van der Waals surface area contributed by atoms with Crippen molar-refractivity contribution < 1.29 is 14.6 Å². The van der Waals surface area contributed by atoms with E-state index in [0.29, 0.717) is 18.4 Å². The number of nitrogens with zero attached hydrogens (tertiary/aromatic N) is 2. The summed E-state index contributed by atoms with van der Waals surface area (Å²) in [6.45, 7) is 1.26. The maximum absolute atomic E-state index is 12.0. The summed E-state index contributed by atoms with van der Waals surface area (Å²) in [4.78, 5) is 27.3. The third-order valence-corrected chi connectivity index (χ3v) is 4.15. The Kier molecular flexibility index (Phi) is 4.60. The van der Waals surface area contributed by atoms with Crippen LogP contribution in [0.1, 0.15) is 12.8 Å². The highest BCUT2D eigenvalue weighted by Crippen LogP contribution is 2.21. The van der Waals surface area contributed by atoms with Crippen LogP contribution in [0.5, 0.6) is 5.88 Å². The van der Waals surface area contributed by atoms with Gasteiger partial charge in [-0.15, -0.1) is 0 Å². The van der Waals surface area contributed by atoms with Crippen LogP contribution in [0.4, 0.5) is 0 Å². The molecule has 19 heavy (non-hydrogen) atoms. The largest absolute Gasteiger partial charge is 0.493 e. The molecule has 1 aromatic heterocycles. The lowest BCUT2D eigenvalue weighted by Gasteiger charge is -2.20. The van der Waals surface area contributed by atoms with E-state index in [1.54, 1.807) is 7.05 Å². The summed E-state index contributed by atoms with van der Waals surface area (Å²) in [6, 6.07) is 1.05. The van der Waals surface area contributed by atoms with Crippen LogP contribution in [-0.4, -0.2) is 39.4 Å². The Morgan fingerprint density at radius 1 is 1.58 bits per heavy atom. The fourth-order valence-corrected chi connectivity index (χ4v) is 2.86. The quantitative estimate of drug-likeness (QED) is 0.643. The minimum atomic E-state index is -0.339. The molecule has 104 valence electrons. The number of thioether (sulfide) groups is 1. The fraction of sp³-hybridized carbons (Fsp3) is 0.583. The van der Waals surface area contributed by atoms with Gasteiger partial charge in [-0.3, -0.25) is 14.2 Å². The molecule has 2 heterocycles. The standard InChI is InChI=1S/C12H16N2O4S/c1-14-11(17)6-10(16)13-12(14)19-7-9(15)8-2-4-18-5-3-8/h6,8,16H,2-5,7H2,1H3. The van der Waals surface area contributed by atoms with E-state index in [1.807, 2.05) is 0 Å². The van der Waals surface area contributed by atoms with Gasteiger partial charge < -0.3 is 9.84 Å². The van der Waals surface area contributed by atoms with E-state index in [2.05, 4.69) is 4.98 Å². The van der Waals surface area contributed by atoms with Crippen LogP contribution in [0.3, 0.4) is 0 Å².